The van der Waals surface area contributed by atoms with E-state index in [9.17, 15) is 0 Å². The molecule has 1 aromatic carbocycles. The van der Waals surface area contributed by atoms with Gasteiger partial charge in [-0.05, 0) is 18.2 Å². The maximum absolute atomic E-state index is 8.60. The third-order valence-electron chi connectivity index (χ3n) is 1.35. The summed E-state index contributed by atoms with van der Waals surface area (Å²) in [6.07, 6.45) is 0. The summed E-state index contributed by atoms with van der Waals surface area (Å²) in [5.74, 6) is 0. The van der Waals surface area contributed by atoms with E-state index in [0.29, 0.717) is 0 Å². The first kappa shape index (κ1) is 7.79. The molecule has 0 bridgehead atoms. The Morgan fingerprint density at radius 3 is 1.75 bits per heavy atom. The first-order valence-corrected chi connectivity index (χ1v) is 3.08. The highest BCUT2D eigenvalue weighted by Crippen LogP contribution is 2.10. The van der Waals surface area contributed by atoms with Crippen molar-refractivity contribution in [2.24, 2.45) is 0 Å². The zero-order chi connectivity index (χ0) is 8.97. The summed E-state index contributed by atoms with van der Waals surface area (Å²) in [6.45, 7) is 0. The number of hydrogen-bond acceptors (Lipinski definition) is 3. The van der Waals surface area contributed by atoms with E-state index in [1.54, 1.807) is 6.07 Å². The number of benzene rings is 1. The third kappa shape index (κ3) is 1.10. The summed E-state index contributed by atoms with van der Waals surface area (Å²) in [7, 11) is 0. The maximum Gasteiger partial charge on any atom is 0.102 e. The number of nitrogens with zero attached hydrogens (tertiary/aromatic N) is 3. The molecule has 1 rings (SSSR count). The maximum atomic E-state index is 8.60. The molecule has 0 unspecified atom stereocenters. The first-order chi connectivity index (χ1) is 5.83. The Bertz CT molecular complexity index is 394. The van der Waals surface area contributed by atoms with Crippen molar-refractivity contribution >= 4 is 0 Å². The molecule has 0 aromatic heterocycles. The third-order valence-corrected chi connectivity index (χ3v) is 1.35. The molecule has 0 heterocycles. The van der Waals surface area contributed by atoms with Gasteiger partial charge in [-0.15, -0.1) is 0 Å². The molecule has 0 atom stereocenters. The van der Waals surface area contributed by atoms with Gasteiger partial charge in [0.15, 0.2) is 0 Å². The molecule has 53 valence electrons. The molecule has 0 aliphatic rings. The first-order valence-electron chi connectivity index (χ1n) is 3.08. The van der Waals surface area contributed by atoms with E-state index >= 15 is 0 Å². The SMILES string of the molecule is N#Cc1c[c]cc(C#N)c1C#N. The van der Waals surface area contributed by atoms with Crippen molar-refractivity contribution in [2.45, 2.75) is 0 Å². The highest BCUT2D eigenvalue weighted by molar-refractivity contribution is 5.54. The highest BCUT2D eigenvalue weighted by Gasteiger charge is 2.05. The second kappa shape index (κ2) is 3.19. The fourth-order valence-electron chi connectivity index (χ4n) is 0.795. The zero-order valence-corrected chi connectivity index (χ0v) is 6.00. The second-order valence-corrected chi connectivity index (χ2v) is 1.99. The van der Waals surface area contributed by atoms with E-state index < -0.39 is 0 Å². The molecule has 0 fully saturated rings. The summed E-state index contributed by atoms with van der Waals surface area (Å²) < 4.78 is 0. The zero-order valence-electron chi connectivity index (χ0n) is 6.00. The summed E-state index contributed by atoms with van der Waals surface area (Å²) in [5, 5.41) is 25.7. The fourth-order valence-corrected chi connectivity index (χ4v) is 0.795. The van der Waals surface area contributed by atoms with Crippen LogP contribution in [0.2, 0.25) is 0 Å². The van der Waals surface area contributed by atoms with E-state index in [-0.39, 0.29) is 16.7 Å². The fraction of sp³-hybridized carbons (Fsp3) is 0. The van der Waals surface area contributed by atoms with Crippen LogP contribution in [0.3, 0.4) is 0 Å². The molecule has 0 saturated heterocycles. The minimum atomic E-state index is 0.124. The normalized spacial score (nSPS) is 7.75. The Labute approximate surface area is 69.7 Å². The minimum Gasteiger partial charge on any atom is -0.192 e. The van der Waals surface area contributed by atoms with Gasteiger partial charge in [0.1, 0.15) is 18.2 Å². The van der Waals surface area contributed by atoms with E-state index in [1.807, 2.05) is 12.1 Å². The van der Waals surface area contributed by atoms with Crippen molar-refractivity contribution < 1.29 is 0 Å². The predicted molar refractivity (Wildman–Crippen MR) is 39.4 cm³/mol. The van der Waals surface area contributed by atoms with E-state index in [1.165, 1.54) is 12.1 Å². The molecule has 0 aliphatic heterocycles. The molecule has 12 heavy (non-hydrogen) atoms. The van der Waals surface area contributed by atoms with E-state index in [4.69, 9.17) is 15.8 Å². The number of hydrogen-bond donors (Lipinski definition) is 0. The molecule has 0 amide bonds. The topological polar surface area (TPSA) is 71.4 Å². The monoisotopic (exact) mass is 152 g/mol. The van der Waals surface area contributed by atoms with Gasteiger partial charge in [-0.1, -0.05) is 0 Å². The molecule has 0 spiro atoms. The van der Waals surface area contributed by atoms with Gasteiger partial charge in [-0.2, -0.15) is 15.8 Å². The van der Waals surface area contributed by atoms with Crippen LogP contribution in [0.4, 0.5) is 0 Å². The van der Waals surface area contributed by atoms with E-state index in [2.05, 4.69) is 6.07 Å². The summed E-state index contributed by atoms with van der Waals surface area (Å²) in [6, 6.07) is 10.8. The van der Waals surface area contributed by atoms with Crippen molar-refractivity contribution in [3.05, 3.63) is 34.9 Å². The van der Waals surface area contributed by atoms with Crippen LogP contribution in [0.25, 0.3) is 0 Å². The number of rotatable bonds is 0. The molecule has 0 N–H and O–H groups in total. The lowest BCUT2D eigenvalue weighted by Gasteiger charge is -1.93. The van der Waals surface area contributed by atoms with Crippen LogP contribution in [0.15, 0.2) is 12.1 Å². The van der Waals surface area contributed by atoms with Crippen LogP contribution in [0, 0.1) is 40.1 Å². The summed E-state index contributed by atoms with van der Waals surface area (Å²) in [5.41, 5.74) is 0.506. The predicted octanol–water partition coefficient (Wildman–Crippen LogP) is 1.10. The van der Waals surface area contributed by atoms with Gasteiger partial charge in [-0.25, -0.2) is 0 Å². The Balaban J connectivity index is 3.51. The van der Waals surface area contributed by atoms with Crippen LogP contribution in [0.5, 0.6) is 0 Å². The molecule has 3 heteroatoms. The standard InChI is InChI=1S/C9H2N3/c10-4-7-2-1-3-8(5-11)9(7)6-12/h2-3H. The Morgan fingerprint density at radius 2 is 1.42 bits per heavy atom. The lowest BCUT2D eigenvalue weighted by Crippen LogP contribution is -1.88. The Morgan fingerprint density at radius 1 is 0.917 bits per heavy atom. The summed E-state index contributed by atoms with van der Waals surface area (Å²) >= 11 is 0. The average molecular weight is 152 g/mol. The molecular weight excluding hydrogens is 150 g/mol. The molecular formula is C9H2N3. The molecule has 1 radical (unpaired) electrons. The van der Waals surface area contributed by atoms with Gasteiger partial charge in [0.2, 0.25) is 0 Å². The van der Waals surface area contributed by atoms with Crippen LogP contribution in [-0.4, -0.2) is 0 Å². The van der Waals surface area contributed by atoms with Crippen molar-refractivity contribution in [2.75, 3.05) is 0 Å². The highest BCUT2D eigenvalue weighted by atomic mass is 14.3. The summed E-state index contributed by atoms with van der Waals surface area (Å²) in [4.78, 5) is 0. The van der Waals surface area contributed by atoms with Crippen molar-refractivity contribution in [1.29, 1.82) is 15.8 Å². The average Bonchev–Trinajstić information content (AvgIpc) is 2.16. The largest absolute Gasteiger partial charge is 0.192 e. The second-order valence-electron chi connectivity index (χ2n) is 1.99. The van der Waals surface area contributed by atoms with Crippen molar-refractivity contribution in [1.82, 2.24) is 0 Å². The van der Waals surface area contributed by atoms with Crippen LogP contribution >= 0.6 is 0 Å². The van der Waals surface area contributed by atoms with E-state index in [0.717, 1.165) is 0 Å². The van der Waals surface area contributed by atoms with Crippen LogP contribution in [-0.2, 0) is 0 Å². The van der Waals surface area contributed by atoms with Gasteiger partial charge in [0.05, 0.1) is 16.7 Å². The Kier molecular flexibility index (Phi) is 2.07. The van der Waals surface area contributed by atoms with Crippen molar-refractivity contribution in [3.63, 3.8) is 0 Å². The molecule has 1 aromatic rings. The lowest BCUT2D eigenvalue weighted by atomic mass is 10.0. The minimum absolute atomic E-state index is 0.124. The van der Waals surface area contributed by atoms with Gasteiger partial charge in [0.25, 0.3) is 0 Å². The van der Waals surface area contributed by atoms with Gasteiger partial charge in [-0.3, -0.25) is 0 Å². The molecule has 3 nitrogen and oxygen atoms in total. The van der Waals surface area contributed by atoms with Crippen molar-refractivity contribution in [3.8, 4) is 18.2 Å². The quantitative estimate of drug-likeness (QED) is 0.558. The Hall–Kier alpha value is -2.31. The van der Waals surface area contributed by atoms with Crippen LogP contribution in [0.1, 0.15) is 16.7 Å². The van der Waals surface area contributed by atoms with Gasteiger partial charge >= 0.3 is 0 Å². The molecule has 0 saturated carbocycles. The molecule has 0 aliphatic carbocycles. The van der Waals surface area contributed by atoms with Gasteiger partial charge in [0, 0.05) is 0 Å². The van der Waals surface area contributed by atoms with Crippen LogP contribution < -0.4 is 0 Å². The lowest BCUT2D eigenvalue weighted by molar-refractivity contribution is 1.39. The smallest absolute Gasteiger partial charge is 0.102 e. The van der Waals surface area contributed by atoms with Gasteiger partial charge < -0.3 is 0 Å². The number of nitriles is 3.